The number of nitrogens with zero attached hydrogens (tertiary/aromatic N) is 1. The Morgan fingerprint density at radius 1 is 1.33 bits per heavy atom. The summed E-state index contributed by atoms with van der Waals surface area (Å²) in [5.74, 6) is 1.74. The average molecular weight is 209 g/mol. The molecule has 1 saturated carbocycles. The summed E-state index contributed by atoms with van der Waals surface area (Å²) in [7, 11) is 0. The Morgan fingerprint density at radius 2 is 2.20 bits per heavy atom. The maximum atomic E-state index is 11.7. The maximum absolute atomic E-state index is 11.7. The van der Waals surface area contributed by atoms with Crippen molar-refractivity contribution >= 4 is 5.91 Å². The van der Waals surface area contributed by atoms with Crippen LogP contribution in [0, 0.1) is 11.8 Å². The maximum Gasteiger partial charge on any atom is 0.238 e. The Balaban J connectivity index is 1.54. The summed E-state index contributed by atoms with van der Waals surface area (Å²) in [5.41, 5.74) is 3.39. The van der Waals surface area contributed by atoms with Crippen molar-refractivity contribution < 1.29 is 4.79 Å². The van der Waals surface area contributed by atoms with Crippen LogP contribution >= 0.6 is 0 Å². The fraction of sp³-hybridized carbons (Fsp3) is 0.909. The highest BCUT2D eigenvalue weighted by Crippen LogP contribution is 2.36. The third kappa shape index (κ3) is 2.01. The molecule has 3 fully saturated rings. The molecule has 2 atom stereocenters. The molecule has 2 heterocycles. The molecule has 0 aromatic rings. The number of carbonyl (C=O) groups excluding carboxylic acids is 1. The molecule has 15 heavy (non-hydrogen) atoms. The van der Waals surface area contributed by atoms with E-state index in [1.54, 1.807) is 0 Å². The summed E-state index contributed by atoms with van der Waals surface area (Å²) >= 11 is 0. The first-order valence-electron chi connectivity index (χ1n) is 6.10. The molecule has 2 N–H and O–H groups in total. The van der Waals surface area contributed by atoms with Gasteiger partial charge in [-0.2, -0.15) is 0 Å². The molecular weight excluding hydrogens is 190 g/mol. The summed E-state index contributed by atoms with van der Waals surface area (Å²) in [6.07, 6.45) is 4.55. The van der Waals surface area contributed by atoms with Gasteiger partial charge in [0.1, 0.15) is 0 Å². The lowest BCUT2D eigenvalue weighted by atomic mass is 10.1. The minimum atomic E-state index is 0.304. The average Bonchev–Trinajstić information content (AvgIpc) is 2.84. The van der Waals surface area contributed by atoms with Crippen molar-refractivity contribution in [2.45, 2.75) is 31.7 Å². The van der Waals surface area contributed by atoms with E-state index in [0.29, 0.717) is 17.9 Å². The lowest BCUT2D eigenvalue weighted by molar-refractivity contribution is -0.130. The predicted octanol–water partition coefficient (Wildman–Crippen LogP) is 0.111. The third-order valence-corrected chi connectivity index (χ3v) is 3.81. The van der Waals surface area contributed by atoms with Gasteiger partial charge in [0.15, 0.2) is 0 Å². The normalized spacial score (nSPS) is 36.5. The minimum Gasteiger partial charge on any atom is -0.316 e. The molecule has 0 aromatic carbocycles. The highest BCUT2D eigenvalue weighted by atomic mass is 16.2. The molecular formula is C11H19N3O. The Bertz CT molecular complexity index is 259. The number of hydrazine groups is 1. The fourth-order valence-electron chi connectivity index (χ4n) is 2.67. The van der Waals surface area contributed by atoms with Crippen LogP contribution in [0.25, 0.3) is 0 Å². The lowest BCUT2D eigenvalue weighted by Crippen LogP contribution is -2.41. The molecule has 2 saturated heterocycles. The highest BCUT2D eigenvalue weighted by Gasteiger charge is 2.40. The number of rotatable bonds is 3. The van der Waals surface area contributed by atoms with Gasteiger partial charge < -0.3 is 5.32 Å². The first-order valence-corrected chi connectivity index (χ1v) is 6.10. The summed E-state index contributed by atoms with van der Waals surface area (Å²) in [5, 5.41) is 5.22. The summed E-state index contributed by atoms with van der Waals surface area (Å²) in [6.45, 7) is 3.08. The van der Waals surface area contributed by atoms with E-state index in [-0.39, 0.29) is 0 Å². The minimum absolute atomic E-state index is 0.304. The van der Waals surface area contributed by atoms with E-state index in [0.717, 1.165) is 32.0 Å². The van der Waals surface area contributed by atoms with Crippen LogP contribution in [0.4, 0.5) is 0 Å². The molecule has 0 spiro atoms. The van der Waals surface area contributed by atoms with Crippen molar-refractivity contribution in [3.05, 3.63) is 0 Å². The molecule has 84 valence electrons. The van der Waals surface area contributed by atoms with Gasteiger partial charge in [-0.1, -0.05) is 0 Å². The molecule has 2 aliphatic heterocycles. The van der Waals surface area contributed by atoms with Crippen LogP contribution < -0.4 is 10.7 Å². The van der Waals surface area contributed by atoms with Gasteiger partial charge in [-0.3, -0.25) is 9.80 Å². The van der Waals surface area contributed by atoms with Crippen LogP contribution in [0.3, 0.4) is 0 Å². The first-order chi connectivity index (χ1) is 7.33. The van der Waals surface area contributed by atoms with Gasteiger partial charge in [-0.15, -0.1) is 0 Å². The van der Waals surface area contributed by atoms with E-state index in [1.807, 2.05) is 5.01 Å². The Hall–Kier alpha value is -0.610. The molecule has 0 bridgehead atoms. The van der Waals surface area contributed by atoms with Gasteiger partial charge in [0.05, 0.1) is 0 Å². The van der Waals surface area contributed by atoms with Crippen LogP contribution in [0.2, 0.25) is 0 Å². The largest absolute Gasteiger partial charge is 0.316 e. The molecule has 2 unspecified atom stereocenters. The van der Waals surface area contributed by atoms with Gasteiger partial charge in [0.2, 0.25) is 5.91 Å². The number of hydrogen-bond donors (Lipinski definition) is 2. The van der Waals surface area contributed by atoms with Crippen molar-refractivity contribution in [2.24, 2.45) is 11.8 Å². The van der Waals surface area contributed by atoms with Gasteiger partial charge in [0.25, 0.3) is 0 Å². The van der Waals surface area contributed by atoms with E-state index < -0.39 is 0 Å². The van der Waals surface area contributed by atoms with Crippen LogP contribution in [0.5, 0.6) is 0 Å². The second kappa shape index (κ2) is 3.76. The quantitative estimate of drug-likeness (QED) is 0.693. The summed E-state index contributed by atoms with van der Waals surface area (Å²) < 4.78 is 0. The van der Waals surface area contributed by atoms with E-state index in [9.17, 15) is 4.79 Å². The van der Waals surface area contributed by atoms with Gasteiger partial charge in [0, 0.05) is 19.0 Å². The van der Waals surface area contributed by atoms with Crippen molar-refractivity contribution in [3.8, 4) is 0 Å². The van der Waals surface area contributed by atoms with Gasteiger partial charge >= 0.3 is 0 Å². The number of carbonyl (C=O) groups is 1. The monoisotopic (exact) mass is 209 g/mol. The van der Waals surface area contributed by atoms with E-state index >= 15 is 0 Å². The number of hydrogen-bond acceptors (Lipinski definition) is 3. The Labute approximate surface area is 90.4 Å². The van der Waals surface area contributed by atoms with Crippen LogP contribution in [0.1, 0.15) is 25.7 Å². The molecule has 1 aliphatic carbocycles. The summed E-state index contributed by atoms with van der Waals surface area (Å²) in [4.78, 5) is 11.7. The van der Waals surface area contributed by atoms with Crippen LogP contribution in [-0.4, -0.2) is 36.6 Å². The SMILES string of the molecule is O=C1CC(C2CC2)NN1CC1CCNC1. The van der Waals surface area contributed by atoms with Gasteiger partial charge in [-0.25, -0.2) is 5.43 Å². The van der Waals surface area contributed by atoms with Crippen LogP contribution in [0.15, 0.2) is 0 Å². The Morgan fingerprint density at radius 3 is 2.87 bits per heavy atom. The zero-order chi connectivity index (χ0) is 10.3. The molecule has 4 nitrogen and oxygen atoms in total. The molecule has 4 heteroatoms. The van der Waals surface area contributed by atoms with Crippen molar-refractivity contribution in [1.29, 1.82) is 0 Å². The van der Waals surface area contributed by atoms with E-state index in [2.05, 4.69) is 10.7 Å². The smallest absolute Gasteiger partial charge is 0.238 e. The van der Waals surface area contributed by atoms with Crippen molar-refractivity contribution in [1.82, 2.24) is 15.8 Å². The second-order valence-corrected chi connectivity index (χ2v) is 5.14. The zero-order valence-corrected chi connectivity index (χ0v) is 9.04. The molecule has 3 aliphatic rings. The zero-order valence-electron chi connectivity index (χ0n) is 9.04. The lowest BCUT2D eigenvalue weighted by Gasteiger charge is -2.21. The van der Waals surface area contributed by atoms with Gasteiger partial charge in [-0.05, 0) is 44.2 Å². The predicted molar refractivity (Wildman–Crippen MR) is 57.0 cm³/mol. The molecule has 3 rings (SSSR count). The van der Waals surface area contributed by atoms with Crippen molar-refractivity contribution in [3.63, 3.8) is 0 Å². The Kier molecular flexibility index (Phi) is 2.41. The van der Waals surface area contributed by atoms with E-state index in [4.69, 9.17) is 0 Å². The third-order valence-electron chi connectivity index (χ3n) is 3.81. The van der Waals surface area contributed by atoms with Crippen LogP contribution in [-0.2, 0) is 4.79 Å². The second-order valence-electron chi connectivity index (χ2n) is 5.14. The standard InChI is InChI=1S/C11H19N3O/c15-11-5-10(9-1-2-9)13-14(11)7-8-3-4-12-6-8/h8-10,12-13H,1-7H2. The molecule has 0 aromatic heterocycles. The molecule has 0 radical (unpaired) electrons. The highest BCUT2D eigenvalue weighted by molar-refractivity contribution is 5.78. The van der Waals surface area contributed by atoms with E-state index in [1.165, 1.54) is 19.3 Å². The summed E-state index contributed by atoms with van der Waals surface area (Å²) in [6, 6.07) is 0.451. The van der Waals surface area contributed by atoms with Crippen molar-refractivity contribution in [2.75, 3.05) is 19.6 Å². The number of amides is 1. The molecule has 1 amide bonds. The number of nitrogens with one attached hydrogen (secondary N) is 2. The first kappa shape index (κ1) is 9.60. The fourth-order valence-corrected chi connectivity index (χ4v) is 2.67. The topological polar surface area (TPSA) is 44.4 Å².